The molecule has 0 aromatic heterocycles. The lowest BCUT2D eigenvalue weighted by Crippen LogP contribution is -2.30. The number of hydrogen-bond acceptors (Lipinski definition) is 3. The number of aliphatic hydroxyl groups is 1. The molecule has 1 saturated carbocycles. The van der Waals surface area contributed by atoms with Crippen LogP contribution in [-0.4, -0.2) is 25.4 Å². The number of ether oxygens (including phenoxy) is 1. The zero-order chi connectivity index (χ0) is 13.0. The van der Waals surface area contributed by atoms with Crippen LogP contribution in [0.2, 0.25) is 0 Å². The van der Waals surface area contributed by atoms with E-state index < -0.39 is 0 Å². The Labute approximate surface area is 109 Å². The lowest BCUT2D eigenvalue weighted by atomic mass is 9.80. The van der Waals surface area contributed by atoms with E-state index >= 15 is 0 Å². The number of hydrogen-bond donors (Lipinski definition) is 2. The first kappa shape index (κ1) is 13.4. The van der Waals surface area contributed by atoms with Gasteiger partial charge in [0, 0.05) is 11.6 Å². The van der Waals surface area contributed by atoms with Gasteiger partial charge in [-0.2, -0.15) is 0 Å². The molecule has 0 aliphatic heterocycles. The molecule has 0 amide bonds. The summed E-state index contributed by atoms with van der Waals surface area (Å²) in [4.78, 5) is 0. The van der Waals surface area contributed by atoms with E-state index in [0.717, 1.165) is 31.4 Å². The number of nitrogens with one attached hydrogen (secondary N) is 1. The van der Waals surface area contributed by atoms with Crippen molar-refractivity contribution in [2.24, 2.45) is 5.92 Å². The first-order valence-electron chi connectivity index (χ1n) is 6.74. The molecular formula is C15H23NO2. The van der Waals surface area contributed by atoms with Gasteiger partial charge in [-0.15, -0.1) is 0 Å². The molecule has 1 fully saturated rings. The van der Waals surface area contributed by atoms with E-state index in [-0.39, 0.29) is 6.10 Å². The van der Waals surface area contributed by atoms with Gasteiger partial charge in [0.15, 0.2) is 0 Å². The highest BCUT2D eigenvalue weighted by Crippen LogP contribution is 2.37. The zero-order valence-electron chi connectivity index (χ0n) is 11.2. The van der Waals surface area contributed by atoms with Gasteiger partial charge in [-0.1, -0.05) is 18.2 Å². The van der Waals surface area contributed by atoms with E-state index in [1.165, 1.54) is 5.56 Å². The Bertz CT molecular complexity index is 373. The quantitative estimate of drug-likeness (QED) is 0.861. The maximum atomic E-state index is 9.61. The third-order valence-corrected chi connectivity index (χ3v) is 4.00. The average molecular weight is 249 g/mol. The molecule has 0 bridgehead atoms. The third-order valence-electron chi connectivity index (χ3n) is 4.00. The minimum Gasteiger partial charge on any atom is -0.496 e. The van der Waals surface area contributed by atoms with Crippen molar-refractivity contribution >= 4 is 0 Å². The second-order valence-electron chi connectivity index (χ2n) is 5.08. The molecule has 1 unspecified atom stereocenters. The van der Waals surface area contributed by atoms with Crippen molar-refractivity contribution in [2.45, 2.75) is 37.8 Å². The molecule has 1 aromatic carbocycles. The highest BCUT2D eigenvalue weighted by molar-refractivity contribution is 5.36. The van der Waals surface area contributed by atoms with Crippen molar-refractivity contribution in [1.82, 2.24) is 5.32 Å². The van der Waals surface area contributed by atoms with Crippen molar-refractivity contribution in [1.29, 1.82) is 0 Å². The highest BCUT2D eigenvalue weighted by Gasteiger charge is 2.28. The van der Waals surface area contributed by atoms with Crippen LogP contribution in [0, 0.1) is 5.92 Å². The molecule has 18 heavy (non-hydrogen) atoms. The summed E-state index contributed by atoms with van der Waals surface area (Å²) in [5.74, 6) is 1.53. The van der Waals surface area contributed by atoms with Crippen LogP contribution in [0.3, 0.4) is 0 Å². The van der Waals surface area contributed by atoms with E-state index in [2.05, 4.69) is 17.4 Å². The molecule has 1 aliphatic rings. The molecule has 3 nitrogen and oxygen atoms in total. The van der Waals surface area contributed by atoms with Gasteiger partial charge >= 0.3 is 0 Å². The maximum absolute atomic E-state index is 9.61. The fourth-order valence-electron chi connectivity index (χ4n) is 3.00. The molecule has 0 spiro atoms. The standard InChI is InChI=1S/C15H23NO2/c1-16-15(11-7-9-12(17)10-8-11)13-5-3-4-6-14(13)18-2/h3-6,11-12,15-17H,7-10H2,1-2H3. The predicted molar refractivity (Wildman–Crippen MR) is 72.8 cm³/mol. The summed E-state index contributed by atoms with van der Waals surface area (Å²) < 4.78 is 5.45. The lowest BCUT2D eigenvalue weighted by molar-refractivity contribution is 0.0978. The van der Waals surface area contributed by atoms with Gasteiger partial charge in [0.1, 0.15) is 5.75 Å². The Kier molecular flexibility index (Phi) is 4.61. The highest BCUT2D eigenvalue weighted by atomic mass is 16.5. The average Bonchev–Trinajstić information content (AvgIpc) is 2.42. The maximum Gasteiger partial charge on any atom is 0.123 e. The topological polar surface area (TPSA) is 41.5 Å². The Morgan fingerprint density at radius 3 is 2.50 bits per heavy atom. The Morgan fingerprint density at radius 1 is 1.22 bits per heavy atom. The van der Waals surface area contributed by atoms with E-state index in [9.17, 15) is 5.11 Å². The second-order valence-corrected chi connectivity index (χ2v) is 5.08. The number of aliphatic hydroxyl groups excluding tert-OH is 1. The van der Waals surface area contributed by atoms with E-state index in [0.29, 0.717) is 12.0 Å². The first-order valence-corrected chi connectivity index (χ1v) is 6.74. The van der Waals surface area contributed by atoms with Crippen LogP contribution in [0.25, 0.3) is 0 Å². The van der Waals surface area contributed by atoms with Gasteiger partial charge in [0.25, 0.3) is 0 Å². The van der Waals surface area contributed by atoms with E-state index in [1.54, 1.807) is 7.11 Å². The summed E-state index contributed by atoms with van der Waals surface area (Å²) in [6.45, 7) is 0. The molecule has 1 aliphatic carbocycles. The first-order chi connectivity index (χ1) is 8.76. The summed E-state index contributed by atoms with van der Waals surface area (Å²) in [5, 5.41) is 13.0. The van der Waals surface area contributed by atoms with Gasteiger partial charge in [0.2, 0.25) is 0 Å². The SMILES string of the molecule is CNC(c1ccccc1OC)C1CCC(O)CC1. The van der Waals surface area contributed by atoms with Crippen molar-refractivity contribution in [3.63, 3.8) is 0 Å². The van der Waals surface area contributed by atoms with Crippen molar-refractivity contribution in [2.75, 3.05) is 14.2 Å². The Morgan fingerprint density at radius 2 is 1.89 bits per heavy atom. The van der Waals surface area contributed by atoms with Crippen LogP contribution in [0.5, 0.6) is 5.75 Å². The number of benzene rings is 1. The van der Waals surface area contributed by atoms with Gasteiger partial charge in [-0.25, -0.2) is 0 Å². The summed E-state index contributed by atoms with van der Waals surface area (Å²) >= 11 is 0. The van der Waals surface area contributed by atoms with Crippen LogP contribution in [0.4, 0.5) is 0 Å². The predicted octanol–water partition coefficient (Wildman–Crippen LogP) is 2.51. The van der Waals surface area contributed by atoms with Gasteiger partial charge < -0.3 is 15.2 Å². The molecule has 1 atom stereocenters. The largest absolute Gasteiger partial charge is 0.496 e. The minimum absolute atomic E-state index is 0.101. The smallest absolute Gasteiger partial charge is 0.123 e. The zero-order valence-corrected chi connectivity index (χ0v) is 11.2. The second kappa shape index (κ2) is 6.21. The molecule has 0 heterocycles. The molecule has 1 aromatic rings. The normalized spacial score (nSPS) is 25.7. The van der Waals surface area contributed by atoms with Gasteiger partial charge in [-0.3, -0.25) is 0 Å². The third kappa shape index (κ3) is 2.85. The molecule has 2 rings (SSSR count). The Balaban J connectivity index is 2.17. The molecule has 3 heteroatoms. The fraction of sp³-hybridized carbons (Fsp3) is 0.600. The summed E-state index contributed by atoms with van der Waals surface area (Å²) in [7, 11) is 3.72. The van der Waals surface area contributed by atoms with Crippen molar-refractivity contribution in [3.05, 3.63) is 29.8 Å². The van der Waals surface area contributed by atoms with E-state index in [1.807, 2.05) is 19.2 Å². The Hall–Kier alpha value is -1.06. The van der Waals surface area contributed by atoms with Crippen LogP contribution in [0.15, 0.2) is 24.3 Å². The summed E-state index contributed by atoms with van der Waals surface area (Å²) in [6.07, 6.45) is 3.88. The van der Waals surface area contributed by atoms with Crippen LogP contribution < -0.4 is 10.1 Å². The van der Waals surface area contributed by atoms with Crippen molar-refractivity contribution in [3.8, 4) is 5.75 Å². The van der Waals surface area contributed by atoms with Crippen molar-refractivity contribution < 1.29 is 9.84 Å². The van der Waals surface area contributed by atoms with Crippen LogP contribution >= 0.6 is 0 Å². The molecule has 100 valence electrons. The minimum atomic E-state index is -0.101. The lowest BCUT2D eigenvalue weighted by Gasteiger charge is -2.33. The van der Waals surface area contributed by atoms with Crippen LogP contribution in [-0.2, 0) is 0 Å². The number of methoxy groups -OCH3 is 1. The van der Waals surface area contributed by atoms with Gasteiger partial charge in [-0.05, 0) is 44.7 Å². The summed E-state index contributed by atoms with van der Waals surface area (Å²) in [6, 6.07) is 8.51. The number of para-hydroxylation sites is 1. The molecular weight excluding hydrogens is 226 g/mol. The van der Waals surface area contributed by atoms with Gasteiger partial charge in [0.05, 0.1) is 13.2 Å². The summed E-state index contributed by atoms with van der Waals surface area (Å²) in [5.41, 5.74) is 1.23. The van der Waals surface area contributed by atoms with Crippen LogP contribution in [0.1, 0.15) is 37.3 Å². The molecule has 0 saturated heterocycles. The molecule has 2 N–H and O–H groups in total. The number of rotatable bonds is 4. The monoisotopic (exact) mass is 249 g/mol. The van der Waals surface area contributed by atoms with E-state index in [4.69, 9.17) is 4.74 Å². The molecule has 0 radical (unpaired) electrons. The fourth-order valence-corrected chi connectivity index (χ4v) is 3.00.